The molecular formula is C23H27NO5S. The number of Topliss-reactive ketones (excluding diaryl/α,β-unsaturated/α-hetero) is 2. The topological polar surface area (TPSA) is 80.8 Å². The van der Waals surface area contributed by atoms with Gasteiger partial charge in [-0.2, -0.15) is 4.31 Å². The SMILES string of the molecule is CC(=O)c1ccc(S(=O)(=O)N2CCC[C@@H](C(=O)c3cccc(OC(C)C)c3)C2)cc1. The van der Waals surface area contributed by atoms with E-state index in [1.807, 2.05) is 13.8 Å². The number of carbonyl (C=O) groups excluding carboxylic acids is 2. The van der Waals surface area contributed by atoms with Crippen LogP contribution in [0.5, 0.6) is 5.75 Å². The summed E-state index contributed by atoms with van der Waals surface area (Å²) in [7, 11) is -3.73. The molecule has 0 aliphatic carbocycles. The van der Waals surface area contributed by atoms with Crippen molar-refractivity contribution < 1.29 is 22.7 Å². The number of sulfonamides is 1. The second kappa shape index (κ2) is 9.10. The Kier molecular flexibility index (Phi) is 6.73. The van der Waals surface area contributed by atoms with E-state index in [-0.39, 0.29) is 29.1 Å². The van der Waals surface area contributed by atoms with Crippen LogP contribution in [0.25, 0.3) is 0 Å². The van der Waals surface area contributed by atoms with Gasteiger partial charge < -0.3 is 4.74 Å². The zero-order valence-corrected chi connectivity index (χ0v) is 18.3. The van der Waals surface area contributed by atoms with E-state index in [1.54, 1.807) is 24.3 Å². The first-order valence-corrected chi connectivity index (χ1v) is 11.5. The van der Waals surface area contributed by atoms with Gasteiger partial charge >= 0.3 is 0 Å². The summed E-state index contributed by atoms with van der Waals surface area (Å²) in [6.07, 6.45) is 1.26. The molecule has 1 aliphatic rings. The van der Waals surface area contributed by atoms with Crippen molar-refractivity contribution in [1.82, 2.24) is 4.31 Å². The molecule has 1 heterocycles. The van der Waals surface area contributed by atoms with E-state index in [0.29, 0.717) is 36.3 Å². The summed E-state index contributed by atoms with van der Waals surface area (Å²) in [4.78, 5) is 24.6. The van der Waals surface area contributed by atoms with Crippen LogP contribution in [-0.4, -0.2) is 43.5 Å². The lowest BCUT2D eigenvalue weighted by Crippen LogP contribution is -2.42. The summed E-state index contributed by atoms with van der Waals surface area (Å²) in [6.45, 7) is 5.79. The average Bonchev–Trinajstić information content (AvgIpc) is 2.73. The lowest BCUT2D eigenvalue weighted by atomic mass is 9.91. The summed E-state index contributed by atoms with van der Waals surface area (Å²) < 4.78 is 33.2. The van der Waals surface area contributed by atoms with Crippen LogP contribution in [0.15, 0.2) is 53.4 Å². The van der Waals surface area contributed by atoms with Crippen LogP contribution in [-0.2, 0) is 10.0 Å². The Balaban J connectivity index is 1.77. The van der Waals surface area contributed by atoms with Crippen molar-refractivity contribution in [2.24, 2.45) is 5.92 Å². The third-order valence-corrected chi connectivity index (χ3v) is 7.02. The zero-order valence-electron chi connectivity index (χ0n) is 17.5. The van der Waals surface area contributed by atoms with Gasteiger partial charge in [-0.05, 0) is 57.9 Å². The number of hydrogen-bond donors (Lipinski definition) is 0. The highest BCUT2D eigenvalue weighted by Crippen LogP contribution is 2.27. The van der Waals surface area contributed by atoms with Gasteiger partial charge in [-0.1, -0.05) is 24.3 Å². The van der Waals surface area contributed by atoms with Gasteiger partial charge in [-0.15, -0.1) is 0 Å². The van der Waals surface area contributed by atoms with Crippen LogP contribution in [0.1, 0.15) is 54.3 Å². The largest absolute Gasteiger partial charge is 0.491 e. The van der Waals surface area contributed by atoms with Crippen molar-refractivity contribution in [3.63, 3.8) is 0 Å². The molecule has 0 bridgehead atoms. The predicted molar refractivity (Wildman–Crippen MR) is 114 cm³/mol. The maximum Gasteiger partial charge on any atom is 0.243 e. The smallest absolute Gasteiger partial charge is 0.243 e. The van der Waals surface area contributed by atoms with Crippen LogP contribution >= 0.6 is 0 Å². The Bertz CT molecular complexity index is 1030. The van der Waals surface area contributed by atoms with Gasteiger partial charge in [0.05, 0.1) is 11.0 Å². The van der Waals surface area contributed by atoms with Gasteiger partial charge in [0.1, 0.15) is 5.75 Å². The molecule has 7 heteroatoms. The highest BCUT2D eigenvalue weighted by molar-refractivity contribution is 7.89. The molecule has 1 saturated heterocycles. The molecular weight excluding hydrogens is 402 g/mol. The van der Waals surface area contributed by atoms with E-state index in [2.05, 4.69) is 0 Å². The maximum atomic E-state index is 13.1. The fourth-order valence-electron chi connectivity index (χ4n) is 3.62. The van der Waals surface area contributed by atoms with Gasteiger partial charge in [0.15, 0.2) is 11.6 Å². The molecule has 30 heavy (non-hydrogen) atoms. The summed E-state index contributed by atoms with van der Waals surface area (Å²) in [5.41, 5.74) is 0.993. The van der Waals surface area contributed by atoms with E-state index >= 15 is 0 Å². The van der Waals surface area contributed by atoms with E-state index in [4.69, 9.17) is 4.74 Å². The second-order valence-electron chi connectivity index (χ2n) is 7.84. The Hall–Kier alpha value is -2.51. The molecule has 6 nitrogen and oxygen atoms in total. The van der Waals surface area contributed by atoms with Crippen molar-refractivity contribution >= 4 is 21.6 Å². The zero-order chi connectivity index (χ0) is 21.9. The molecule has 160 valence electrons. The molecule has 0 aromatic heterocycles. The molecule has 2 aromatic carbocycles. The monoisotopic (exact) mass is 429 g/mol. The Labute approximate surface area is 177 Å². The Morgan fingerprint density at radius 3 is 2.40 bits per heavy atom. The Morgan fingerprint density at radius 2 is 1.77 bits per heavy atom. The third-order valence-electron chi connectivity index (χ3n) is 5.14. The highest BCUT2D eigenvalue weighted by Gasteiger charge is 2.33. The number of ketones is 2. The molecule has 0 amide bonds. The second-order valence-corrected chi connectivity index (χ2v) is 9.78. The molecule has 2 aromatic rings. The van der Waals surface area contributed by atoms with Crippen molar-refractivity contribution in [1.29, 1.82) is 0 Å². The molecule has 1 fully saturated rings. The van der Waals surface area contributed by atoms with Crippen molar-refractivity contribution in [2.45, 2.75) is 44.6 Å². The minimum Gasteiger partial charge on any atom is -0.491 e. The first-order valence-electron chi connectivity index (χ1n) is 10.1. The van der Waals surface area contributed by atoms with Gasteiger partial charge in [-0.25, -0.2) is 8.42 Å². The predicted octanol–water partition coefficient (Wildman–Crippen LogP) is 3.96. The molecule has 3 rings (SSSR count). The van der Waals surface area contributed by atoms with Crippen LogP contribution in [0, 0.1) is 5.92 Å². The standard InChI is InChI=1S/C23H27NO5S/c1-16(2)29-21-8-4-6-19(14-21)23(26)20-7-5-13-24(15-20)30(27,28)22-11-9-18(10-12-22)17(3)25/h4,6,8-12,14,16,20H,5,7,13,15H2,1-3H3/t20-/m1/s1. The van der Waals surface area contributed by atoms with Gasteiger partial charge in [0, 0.05) is 30.1 Å². The minimum absolute atomic E-state index is 0.0000532. The van der Waals surface area contributed by atoms with Crippen LogP contribution in [0.3, 0.4) is 0 Å². The molecule has 1 atom stereocenters. The fraction of sp³-hybridized carbons (Fsp3) is 0.391. The lowest BCUT2D eigenvalue weighted by molar-refractivity contribution is 0.0871. The lowest BCUT2D eigenvalue weighted by Gasteiger charge is -2.31. The number of rotatable bonds is 7. The molecule has 0 saturated carbocycles. The summed E-state index contributed by atoms with van der Waals surface area (Å²) >= 11 is 0. The van der Waals surface area contributed by atoms with Crippen molar-refractivity contribution in [2.75, 3.05) is 13.1 Å². The summed E-state index contributed by atoms with van der Waals surface area (Å²) in [5.74, 6) is 0.0308. The fourth-order valence-corrected chi connectivity index (χ4v) is 5.14. The van der Waals surface area contributed by atoms with Gasteiger partial charge in [0.25, 0.3) is 0 Å². The molecule has 0 N–H and O–H groups in total. The number of ether oxygens (including phenoxy) is 1. The number of piperidine rings is 1. The quantitative estimate of drug-likeness (QED) is 0.623. The number of carbonyl (C=O) groups is 2. The van der Waals surface area contributed by atoms with Crippen LogP contribution in [0.2, 0.25) is 0 Å². The molecule has 0 unspecified atom stereocenters. The highest BCUT2D eigenvalue weighted by atomic mass is 32.2. The van der Waals surface area contributed by atoms with Crippen LogP contribution < -0.4 is 4.74 Å². The average molecular weight is 430 g/mol. The molecule has 0 radical (unpaired) electrons. The van der Waals surface area contributed by atoms with E-state index in [9.17, 15) is 18.0 Å². The summed E-state index contributed by atoms with van der Waals surface area (Å²) in [5, 5.41) is 0. The first-order chi connectivity index (χ1) is 14.2. The first kappa shape index (κ1) is 22.2. The van der Waals surface area contributed by atoms with Gasteiger partial charge in [0.2, 0.25) is 10.0 Å². The molecule has 1 aliphatic heterocycles. The normalized spacial score (nSPS) is 17.7. The van der Waals surface area contributed by atoms with E-state index in [1.165, 1.54) is 35.5 Å². The third kappa shape index (κ3) is 4.96. The van der Waals surface area contributed by atoms with E-state index in [0.717, 1.165) is 0 Å². The van der Waals surface area contributed by atoms with Crippen molar-refractivity contribution in [3.8, 4) is 5.75 Å². The maximum absolute atomic E-state index is 13.1. The number of benzene rings is 2. The summed E-state index contributed by atoms with van der Waals surface area (Å²) in [6, 6.07) is 13.0. The van der Waals surface area contributed by atoms with E-state index < -0.39 is 15.9 Å². The number of hydrogen-bond acceptors (Lipinski definition) is 5. The van der Waals surface area contributed by atoms with Crippen LogP contribution in [0.4, 0.5) is 0 Å². The number of nitrogens with zero attached hydrogens (tertiary/aromatic N) is 1. The van der Waals surface area contributed by atoms with Gasteiger partial charge in [-0.3, -0.25) is 9.59 Å². The Morgan fingerprint density at radius 1 is 1.07 bits per heavy atom. The minimum atomic E-state index is -3.73. The van der Waals surface area contributed by atoms with Crippen molar-refractivity contribution in [3.05, 3.63) is 59.7 Å². The molecule has 0 spiro atoms.